The van der Waals surface area contributed by atoms with Gasteiger partial charge in [0.05, 0.1) is 0 Å². The number of primary sulfonamides is 1. The Morgan fingerprint density at radius 2 is 1.83 bits per heavy atom. The van der Waals surface area contributed by atoms with Gasteiger partial charge in [-0.25, -0.2) is 13.6 Å². The van der Waals surface area contributed by atoms with Crippen molar-refractivity contribution < 1.29 is 8.42 Å². The molecule has 0 spiro atoms. The number of nitrogens with one attached hydrogen (secondary N) is 1. The number of H-pyrrole nitrogens is 1. The van der Waals surface area contributed by atoms with Gasteiger partial charge >= 0.3 is 0 Å². The first-order valence-electron chi connectivity index (χ1n) is 5.74. The van der Waals surface area contributed by atoms with Crippen LogP contribution in [-0.4, -0.2) is 13.4 Å². The van der Waals surface area contributed by atoms with Gasteiger partial charge in [-0.1, -0.05) is 37.3 Å². The molecule has 5 heteroatoms. The average Bonchev–Trinajstić information content (AvgIpc) is 2.84. The Hall–Kier alpha value is -1.59. The molecular weight excluding hydrogens is 248 g/mol. The van der Waals surface area contributed by atoms with E-state index in [-0.39, 0.29) is 0 Å². The Bertz CT molecular complexity index is 606. The number of sulfonamides is 1. The van der Waals surface area contributed by atoms with E-state index >= 15 is 0 Å². The van der Waals surface area contributed by atoms with Crippen molar-refractivity contribution in [3.8, 4) is 0 Å². The molecule has 0 aliphatic heterocycles. The lowest BCUT2D eigenvalue weighted by atomic mass is 9.92. The molecule has 3 N–H and O–H groups in total. The van der Waals surface area contributed by atoms with Gasteiger partial charge in [0.2, 0.25) is 10.0 Å². The van der Waals surface area contributed by atoms with E-state index in [0.717, 1.165) is 0 Å². The van der Waals surface area contributed by atoms with E-state index in [4.69, 9.17) is 5.14 Å². The molecule has 0 saturated heterocycles. The average molecular weight is 264 g/mol. The second kappa shape index (κ2) is 4.59. The third-order valence-electron chi connectivity index (χ3n) is 3.26. The quantitative estimate of drug-likeness (QED) is 0.885. The summed E-state index contributed by atoms with van der Waals surface area (Å²) in [5.74, 6) is 0. The maximum absolute atomic E-state index is 12.1. The molecule has 2 aromatic rings. The van der Waals surface area contributed by atoms with Crippen LogP contribution in [-0.2, 0) is 14.8 Å². The molecule has 96 valence electrons. The predicted molar refractivity (Wildman–Crippen MR) is 71.4 cm³/mol. The summed E-state index contributed by atoms with van der Waals surface area (Å²) in [4.78, 5) is 2.97. The summed E-state index contributed by atoms with van der Waals surface area (Å²) >= 11 is 0. The van der Waals surface area contributed by atoms with E-state index < -0.39 is 14.8 Å². The van der Waals surface area contributed by atoms with Crippen LogP contribution in [0.2, 0.25) is 0 Å². The molecule has 0 amide bonds. The Labute approximate surface area is 107 Å². The number of hydrogen-bond donors (Lipinski definition) is 2. The lowest BCUT2D eigenvalue weighted by molar-refractivity contribution is 0.542. The molecule has 2 rings (SSSR count). The fraction of sp³-hybridized carbons (Fsp3) is 0.231. The van der Waals surface area contributed by atoms with Crippen LogP contribution < -0.4 is 5.14 Å². The summed E-state index contributed by atoms with van der Waals surface area (Å²) in [7, 11) is -3.78. The Morgan fingerprint density at radius 1 is 1.17 bits per heavy atom. The zero-order chi connectivity index (χ0) is 13.2. The van der Waals surface area contributed by atoms with E-state index in [9.17, 15) is 8.42 Å². The summed E-state index contributed by atoms with van der Waals surface area (Å²) in [6, 6.07) is 12.6. The van der Waals surface area contributed by atoms with Crippen molar-refractivity contribution in [1.29, 1.82) is 0 Å². The van der Waals surface area contributed by atoms with Crippen LogP contribution in [0.25, 0.3) is 0 Å². The van der Waals surface area contributed by atoms with Crippen molar-refractivity contribution in [3.63, 3.8) is 0 Å². The SMILES string of the molecule is CCC(c1ccccc1)(c1ccc[nH]1)S(N)(=O)=O. The Balaban J connectivity index is 2.76. The first kappa shape index (κ1) is 12.9. The highest BCUT2D eigenvalue weighted by Crippen LogP contribution is 2.38. The van der Waals surface area contributed by atoms with Crippen LogP contribution in [0.1, 0.15) is 24.6 Å². The number of benzene rings is 1. The molecule has 0 aliphatic carbocycles. The zero-order valence-electron chi connectivity index (χ0n) is 10.1. The fourth-order valence-electron chi connectivity index (χ4n) is 2.36. The monoisotopic (exact) mass is 264 g/mol. The summed E-state index contributed by atoms with van der Waals surface area (Å²) in [6.07, 6.45) is 2.07. The zero-order valence-corrected chi connectivity index (χ0v) is 10.9. The van der Waals surface area contributed by atoms with Gasteiger partial charge in [-0.2, -0.15) is 0 Å². The standard InChI is InChI=1S/C13H16N2O2S/c1-2-13(18(14,16)17,12-9-6-10-15-12)11-7-4-3-5-8-11/h3-10,15H,2H2,1H3,(H2,14,16,17). The summed E-state index contributed by atoms with van der Waals surface area (Å²) in [6.45, 7) is 1.82. The Kier molecular flexibility index (Phi) is 3.28. The van der Waals surface area contributed by atoms with Crippen molar-refractivity contribution in [2.75, 3.05) is 0 Å². The van der Waals surface area contributed by atoms with E-state index in [1.165, 1.54) is 0 Å². The predicted octanol–water partition coefficient (Wildman–Crippen LogP) is 1.96. The first-order chi connectivity index (χ1) is 8.52. The molecule has 1 heterocycles. The molecule has 4 nitrogen and oxygen atoms in total. The number of nitrogens with two attached hydrogens (primary N) is 1. The molecule has 1 aromatic carbocycles. The van der Waals surface area contributed by atoms with Crippen molar-refractivity contribution in [2.45, 2.75) is 18.1 Å². The normalized spacial score (nSPS) is 15.2. The summed E-state index contributed by atoms with van der Waals surface area (Å²) in [5.41, 5.74) is 1.27. The molecule has 0 bridgehead atoms. The number of rotatable bonds is 4. The third-order valence-corrected chi connectivity index (χ3v) is 4.97. The number of aromatic nitrogens is 1. The second-order valence-electron chi connectivity index (χ2n) is 4.18. The number of aromatic amines is 1. The molecule has 0 fully saturated rings. The van der Waals surface area contributed by atoms with Crippen LogP contribution in [0.5, 0.6) is 0 Å². The van der Waals surface area contributed by atoms with Gasteiger partial charge in [-0.3, -0.25) is 0 Å². The molecule has 1 atom stereocenters. The van der Waals surface area contributed by atoms with Crippen molar-refractivity contribution in [2.24, 2.45) is 5.14 Å². The van der Waals surface area contributed by atoms with Gasteiger partial charge < -0.3 is 4.98 Å². The lowest BCUT2D eigenvalue weighted by Crippen LogP contribution is -2.41. The molecule has 18 heavy (non-hydrogen) atoms. The molecule has 0 aliphatic rings. The van der Waals surface area contributed by atoms with Gasteiger partial charge in [0, 0.05) is 11.9 Å². The fourth-order valence-corrected chi connectivity index (χ4v) is 3.66. The van der Waals surface area contributed by atoms with Crippen LogP contribution in [0.3, 0.4) is 0 Å². The largest absolute Gasteiger partial charge is 0.363 e. The summed E-state index contributed by atoms with van der Waals surface area (Å²) in [5, 5.41) is 5.50. The van der Waals surface area contributed by atoms with E-state index in [1.807, 2.05) is 25.1 Å². The molecule has 0 radical (unpaired) electrons. The van der Waals surface area contributed by atoms with Crippen LogP contribution >= 0.6 is 0 Å². The lowest BCUT2D eigenvalue weighted by Gasteiger charge is -2.30. The van der Waals surface area contributed by atoms with Gasteiger partial charge in [0.25, 0.3) is 0 Å². The highest BCUT2D eigenvalue weighted by molar-refractivity contribution is 7.90. The van der Waals surface area contributed by atoms with Crippen LogP contribution in [0.4, 0.5) is 0 Å². The topological polar surface area (TPSA) is 76.0 Å². The molecule has 1 unspecified atom stereocenters. The minimum atomic E-state index is -3.78. The highest BCUT2D eigenvalue weighted by atomic mass is 32.2. The molecule has 0 saturated carbocycles. The van der Waals surface area contributed by atoms with Gasteiger partial charge in [-0.15, -0.1) is 0 Å². The number of hydrogen-bond acceptors (Lipinski definition) is 2. The van der Waals surface area contributed by atoms with Crippen molar-refractivity contribution >= 4 is 10.0 Å². The summed E-state index contributed by atoms with van der Waals surface area (Å²) < 4.78 is 23.1. The van der Waals surface area contributed by atoms with Gasteiger partial charge in [0.15, 0.2) is 4.75 Å². The van der Waals surface area contributed by atoms with Crippen LogP contribution in [0.15, 0.2) is 48.7 Å². The van der Waals surface area contributed by atoms with E-state index in [0.29, 0.717) is 17.7 Å². The maximum Gasteiger partial charge on any atom is 0.224 e. The third kappa shape index (κ3) is 1.85. The van der Waals surface area contributed by atoms with Gasteiger partial charge in [-0.05, 0) is 24.1 Å². The maximum atomic E-state index is 12.1. The van der Waals surface area contributed by atoms with E-state index in [1.54, 1.807) is 30.5 Å². The van der Waals surface area contributed by atoms with Crippen molar-refractivity contribution in [1.82, 2.24) is 4.98 Å². The van der Waals surface area contributed by atoms with Gasteiger partial charge in [0.1, 0.15) is 0 Å². The van der Waals surface area contributed by atoms with Crippen molar-refractivity contribution in [3.05, 3.63) is 59.9 Å². The molecule has 1 aromatic heterocycles. The minimum absolute atomic E-state index is 0.371. The smallest absolute Gasteiger partial charge is 0.224 e. The van der Waals surface area contributed by atoms with E-state index in [2.05, 4.69) is 4.98 Å². The Morgan fingerprint density at radius 3 is 2.28 bits per heavy atom. The van der Waals surface area contributed by atoms with Crippen LogP contribution in [0, 0.1) is 0 Å². The highest BCUT2D eigenvalue weighted by Gasteiger charge is 2.44. The minimum Gasteiger partial charge on any atom is -0.363 e. The second-order valence-corrected chi connectivity index (χ2v) is 5.96. The first-order valence-corrected chi connectivity index (χ1v) is 7.28. The molecular formula is C13H16N2O2S.